The van der Waals surface area contributed by atoms with Crippen molar-refractivity contribution in [1.82, 2.24) is 0 Å². The molecule has 0 saturated carbocycles. The molecule has 38 valence electrons. The van der Waals surface area contributed by atoms with E-state index in [0.717, 1.165) is 0 Å². The molecule has 0 aromatic carbocycles. The minimum absolute atomic E-state index is 0. The van der Waals surface area contributed by atoms with E-state index in [1.54, 1.807) is 0 Å². The van der Waals surface area contributed by atoms with Crippen LogP contribution in [0, 0.1) is 0 Å². The Bertz CT molecular complexity index is 15.5. The van der Waals surface area contributed by atoms with Crippen molar-refractivity contribution in [3.05, 3.63) is 0 Å². The summed E-state index contributed by atoms with van der Waals surface area (Å²) in [5, 5.41) is 0. The maximum Gasteiger partial charge on any atom is 0.324 e. The lowest BCUT2D eigenvalue weighted by atomic mass is 12.0. The van der Waals surface area contributed by atoms with Crippen LogP contribution >= 0.6 is 8.60 Å². The summed E-state index contributed by atoms with van der Waals surface area (Å²) in [7, 11) is -2.62. The van der Waals surface area contributed by atoms with E-state index in [1.165, 1.54) is 0 Å². The lowest BCUT2D eigenvalue weighted by Crippen LogP contribution is -1.54. The van der Waals surface area contributed by atoms with Crippen LogP contribution in [0.25, 0.3) is 0 Å². The van der Waals surface area contributed by atoms with E-state index in [4.69, 9.17) is 14.7 Å². The van der Waals surface area contributed by atoms with Crippen molar-refractivity contribution in [2.24, 2.45) is 0 Å². The lowest BCUT2D eigenvalue weighted by molar-refractivity contribution is 0.368. The topological polar surface area (TPSA) is 60.7 Å². The van der Waals surface area contributed by atoms with Crippen LogP contribution in [-0.4, -0.2) is 37.7 Å². The van der Waals surface area contributed by atoms with Gasteiger partial charge in [0.05, 0.1) is 0 Å². The summed E-state index contributed by atoms with van der Waals surface area (Å²) in [6, 6.07) is 0. The molecule has 0 bridgehead atoms. The molecule has 0 fully saturated rings. The van der Waals surface area contributed by atoms with Crippen LogP contribution in [0.1, 0.15) is 7.43 Å². The third kappa shape index (κ3) is 72.8. The van der Waals surface area contributed by atoms with E-state index in [9.17, 15) is 0 Å². The number of rotatable bonds is 0. The predicted octanol–water partition coefficient (Wildman–Crippen LogP) is -1.09. The molecular formula is CH9MgO3P. The summed E-state index contributed by atoms with van der Waals surface area (Å²) in [6.07, 6.45) is 0. The SMILES string of the molecule is C.OP(O)O.[MgH2]. The smallest absolute Gasteiger partial charge is 0.324 e. The van der Waals surface area contributed by atoms with Gasteiger partial charge < -0.3 is 14.7 Å². The normalized spacial score (nSPS) is 6.00. The summed E-state index contributed by atoms with van der Waals surface area (Å²) in [6.45, 7) is 0. The summed E-state index contributed by atoms with van der Waals surface area (Å²) in [4.78, 5) is 21.7. The molecule has 0 unspecified atom stereocenters. The first-order valence-corrected chi connectivity index (χ1v) is 1.80. The Morgan fingerprint density at radius 2 is 1.00 bits per heavy atom. The molecule has 0 atom stereocenters. The average molecular weight is 124 g/mol. The van der Waals surface area contributed by atoms with Crippen LogP contribution in [0.5, 0.6) is 0 Å². The Balaban J connectivity index is -0.0000000450. The Labute approximate surface area is 54.2 Å². The Hall–Kier alpha value is 1.08. The maximum absolute atomic E-state index is 7.23. The van der Waals surface area contributed by atoms with Crippen LogP contribution in [0.15, 0.2) is 0 Å². The van der Waals surface area contributed by atoms with Crippen molar-refractivity contribution in [3.63, 3.8) is 0 Å². The molecule has 0 heterocycles. The Kier molecular flexibility index (Phi) is 24.7. The van der Waals surface area contributed by atoms with Gasteiger partial charge in [-0.15, -0.1) is 0 Å². The van der Waals surface area contributed by atoms with Gasteiger partial charge in [-0.25, -0.2) is 0 Å². The highest BCUT2D eigenvalue weighted by molar-refractivity contribution is 7.38. The summed E-state index contributed by atoms with van der Waals surface area (Å²) in [5.74, 6) is 0. The van der Waals surface area contributed by atoms with Crippen LogP contribution in [0.4, 0.5) is 0 Å². The predicted molar refractivity (Wildman–Crippen MR) is 28.9 cm³/mol. The molecule has 0 aliphatic carbocycles. The van der Waals surface area contributed by atoms with Gasteiger partial charge in [0.2, 0.25) is 0 Å². The molecule has 0 saturated heterocycles. The van der Waals surface area contributed by atoms with Crippen molar-refractivity contribution in [1.29, 1.82) is 0 Å². The van der Waals surface area contributed by atoms with Crippen LogP contribution in [-0.2, 0) is 0 Å². The fourth-order valence-corrected chi connectivity index (χ4v) is 0. The van der Waals surface area contributed by atoms with E-state index in [-0.39, 0.29) is 30.5 Å². The first-order chi connectivity index (χ1) is 1.73. The van der Waals surface area contributed by atoms with Gasteiger partial charge in [0.15, 0.2) is 0 Å². The first-order valence-electron chi connectivity index (χ1n) is 0.600. The maximum atomic E-state index is 7.23. The standard InChI is InChI=1S/CH4.Mg.H3O3P.2H/c;;1-4(2)3;;/h1H4;;1-3H;;. The fraction of sp³-hybridized carbons (Fsp3) is 1.00. The van der Waals surface area contributed by atoms with E-state index < -0.39 is 8.60 Å². The largest absolute Gasteiger partial charge is 0.328 e. The van der Waals surface area contributed by atoms with Crippen LogP contribution < -0.4 is 0 Å². The zero-order valence-electron chi connectivity index (χ0n) is 1.79. The molecule has 3 N–H and O–H groups in total. The second-order valence-corrected chi connectivity index (χ2v) is 0.805. The second-order valence-electron chi connectivity index (χ2n) is 0.268. The summed E-state index contributed by atoms with van der Waals surface area (Å²) in [5.41, 5.74) is 0. The average Bonchev–Trinajstić information content (AvgIpc) is 0.811. The van der Waals surface area contributed by atoms with Crippen molar-refractivity contribution in [3.8, 4) is 0 Å². The van der Waals surface area contributed by atoms with Crippen molar-refractivity contribution >= 4 is 31.7 Å². The first kappa shape index (κ1) is 15.7. The second kappa shape index (κ2) is 9.42. The highest BCUT2D eigenvalue weighted by atomic mass is 31.2. The lowest BCUT2D eigenvalue weighted by Gasteiger charge is -1.76. The highest BCUT2D eigenvalue weighted by Gasteiger charge is 1.76. The fourth-order valence-electron chi connectivity index (χ4n) is 0. The molecule has 0 amide bonds. The minimum atomic E-state index is -2.62. The van der Waals surface area contributed by atoms with E-state index in [0.29, 0.717) is 0 Å². The van der Waals surface area contributed by atoms with E-state index in [1.807, 2.05) is 0 Å². The molecule has 0 spiro atoms. The van der Waals surface area contributed by atoms with Crippen molar-refractivity contribution < 1.29 is 14.7 Å². The van der Waals surface area contributed by atoms with Gasteiger partial charge in [0, 0.05) is 0 Å². The molecule has 5 heteroatoms. The van der Waals surface area contributed by atoms with Crippen molar-refractivity contribution in [2.75, 3.05) is 0 Å². The zero-order valence-corrected chi connectivity index (χ0v) is 2.68. The van der Waals surface area contributed by atoms with Crippen LogP contribution in [0.2, 0.25) is 0 Å². The molecule has 3 nitrogen and oxygen atoms in total. The van der Waals surface area contributed by atoms with Crippen LogP contribution in [0.3, 0.4) is 0 Å². The van der Waals surface area contributed by atoms with Crippen molar-refractivity contribution in [2.45, 2.75) is 7.43 Å². The van der Waals surface area contributed by atoms with Gasteiger partial charge >= 0.3 is 31.7 Å². The Morgan fingerprint density at radius 1 is 1.00 bits per heavy atom. The molecule has 0 radical (unpaired) electrons. The third-order valence-electron chi connectivity index (χ3n) is 0. The molecule has 0 aromatic heterocycles. The molecule has 6 heavy (non-hydrogen) atoms. The van der Waals surface area contributed by atoms with Gasteiger partial charge in [0.1, 0.15) is 0 Å². The van der Waals surface area contributed by atoms with Gasteiger partial charge in [-0.1, -0.05) is 7.43 Å². The Morgan fingerprint density at radius 3 is 1.00 bits per heavy atom. The monoisotopic (exact) mass is 124 g/mol. The summed E-state index contributed by atoms with van der Waals surface area (Å²) < 4.78 is 0. The molecule has 0 aliphatic heterocycles. The molecular weight excluding hydrogens is 115 g/mol. The number of hydrogen-bond donors (Lipinski definition) is 3. The van der Waals surface area contributed by atoms with Gasteiger partial charge in [-0.2, -0.15) is 0 Å². The van der Waals surface area contributed by atoms with Gasteiger partial charge in [0.25, 0.3) is 0 Å². The van der Waals surface area contributed by atoms with Gasteiger partial charge in [-0.05, 0) is 0 Å². The third-order valence-corrected chi connectivity index (χ3v) is 0. The zero-order chi connectivity index (χ0) is 3.58. The van der Waals surface area contributed by atoms with E-state index >= 15 is 0 Å². The minimum Gasteiger partial charge on any atom is -0.328 e. The quantitative estimate of drug-likeness (QED) is 0.284. The number of hydrogen-bond acceptors (Lipinski definition) is 3. The summed E-state index contributed by atoms with van der Waals surface area (Å²) >= 11 is 0. The molecule has 0 aromatic rings. The molecule has 0 rings (SSSR count). The van der Waals surface area contributed by atoms with E-state index in [2.05, 4.69) is 0 Å². The van der Waals surface area contributed by atoms with Gasteiger partial charge in [-0.3, -0.25) is 0 Å². The highest BCUT2D eigenvalue weighted by Crippen LogP contribution is 2.11. The molecule has 0 aliphatic rings.